The van der Waals surface area contributed by atoms with Crippen LogP contribution in [0.2, 0.25) is 17.7 Å². The van der Waals surface area contributed by atoms with Crippen LogP contribution in [0.25, 0.3) is 0 Å². The van der Waals surface area contributed by atoms with Crippen molar-refractivity contribution in [3.8, 4) is 0 Å². The Bertz CT molecular complexity index is 343. The Morgan fingerprint density at radius 3 is 1.88 bits per heavy atom. The molecule has 1 aliphatic heterocycles. The average molecular weight is 445 g/mol. The molecule has 3 heteroatoms. The zero-order valence-corrected chi connectivity index (χ0v) is 19.9. The molecular formula is C21H42O2Sn. The molecule has 0 amide bonds. The van der Waals surface area contributed by atoms with Crippen LogP contribution in [0, 0.1) is 0 Å². The van der Waals surface area contributed by atoms with Crippen molar-refractivity contribution in [3.05, 3.63) is 12.2 Å². The Morgan fingerprint density at radius 2 is 1.50 bits per heavy atom. The zero-order valence-electron chi connectivity index (χ0n) is 17.1. The third kappa shape index (κ3) is 8.23. The van der Waals surface area contributed by atoms with Crippen molar-refractivity contribution in [3.63, 3.8) is 0 Å². The predicted octanol–water partition coefficient (Wildman–Crippen LogP) is 6.93. The summed E-state index contributed by atoms with van der Waals surface area (Å²) in [6.07, 6.45) is 9.57. The molecule has 1 atom stereocenters. The van der Waals surface area contributed by atoms with Crippen LogP contribution in [0.3, 0.4) is 0 Å². The molecular weight excluding hydrogens is 403 g/mol. The van der Waals surface area contributed by atoms with Crippen molar-refractivity contribution in [2.24, 2.45) is 0 Å². The fourth-order valence-corrected chi connectivity index (χ4v) is 20.6. The van der Waals surface area contributed by atoms with E-state index in [9.17, 15) is 0 Å². The Labute approximate surface area is 155 Å². The first-order valence-corrected chi connectivity index (χ1v) is 18.4. The van der Waals surface area contributed by atoms with Gasteiger partial charge in [-0.2, -0.15) is 0 Å². The van der Waals surface area contributed by atoms with Gasteiger partial charge in [0.1, 0.15) is 0 Å². The normalized spacial score (nSPS) is 20.5. The zero-order chi connectivity index (χ0) is 18.1. The molecule has 0 aromatic carbocycles. The minimum absolute atomic E-state index is 0.222. The number of hydrogen-bond acceptors (Lipinski definition) is 2. The van der Waals surface area contributed by atoms with Gasteiger partial charge in [-0.15, -0.1) is 0 Å². The standard InChI is InChI=1S/C9H15O2.3C4H9.Sn/c1-7(2)5-8-6-10-9(3,4)11-8;3*1-3-4-2;/h8H,1-2,5-6H2,3-4H3;3*1,3-4H2,2H3;/t8-;;;;/m0..../s1. The molecule has 1 fully saturated rings. The van der Waals surface area contributed by atoms with Crippen molar-refractivity contribution >= 4 is 18.4 Å². The van der Waals surface area contributed by atoms with Gasteiger partial charge in [-0.25, -0.2) is 0 Å². The van der Waals surface area contributed by atoms with Crippen molar-refractivity contribution in [2.45, 2.75) is 109 Å². The summed E-state index contributed by atoms with van der Waals surface area (Å²) in [5.74, 6) is -0.405. The van der Waals surface area contributed by atoms with Gasteiger partial charge in [0.15, 0.2) is 0 Å². The van der Waals surface area contributed by atoms with E-state index in [2.05, 4.69) is 27.4 Å². The molecule has 0 radical (unpaired) electrons. The van der Waals surface area contributed by atoms with Crippen LogP contribution >= 0.6 is 0 Å². The molecule has 0 saturated carbocycles. The molecule has 0 unspecified atom stereocenters. The van der Waals surface area contributed by atoms with Gasteiger partial charge in [0, 0.05) is 0 Å². The Kier molecular flexibility index (Phi) is 10.5. The van der Waals surface area contributed by atoms with E-state index in [-0.39, 0.29) is 6.10 Å². The van der Waals surface area contributed by atoms with Crippen LogP contribution in [0.4, 0.5) is 0 Å². The molecule has 0 bridgehead atoms. The maximum absolute atomic E-state index is 6.02. The topological polar surface area (TPSA) is 18.5 Å². The molecule has 0 spiro atoms. The van der Waals surface area contributed by atoms with E-state index in [1.54, 1.807) is 13.3 Å². The Morgan fingerprint density at radius 1 is 1.00 bits per heavy atom. The number of hydrogen-bond donors (Lipinski definition) is 0. The van der Waals surface area contributed by atoms with Crippen LogP contribution in [0.15, 0.2) is 12.2 Å². The first-order chi connectivity index (χ1) is 11.4. The third-order valence-corrected chi connectivity index (χ3v) is 21.1. The van der Waals surface area contributed by atoms with Crippen molar-refractivity contribution in [1.82, 2.24) is 0 Å². The monoisotopic (exact) mass is 446 g/mol. The number of unbranched alkanes of at least 4 members (excludes halogenated alkanes) is 3. The quantitative estimate of drug-likeness (QED) is 0.226. The fraction of sp³-hybridized carbons (Fsp3) is 0.905. The molecule has 0 aromatic heterocycles. The number of rotatable bonds is 13. The van der Waals surface area contributed by atoms with Crippen LogP contribution < -0.4 is 0 Å². The van der Waals surface area contributed by atoms with Gasteiger partial charge in [0.25, 0.3) is 0 Å². The predicted molar refractivity (Wildman–Crippen MR) is 108 cm³/mol. The van der Waals surface area contributed by atoms with Crippen molar-refractivity contribution in [1.29, 1.82) is 0 Å². The molecule has 142 valence electrons. The van der Waals surface area contributed by atoms with E-state index in [0.29, 0.717) is 0 Å². The van der Waals surface area contributed by atoms with E-state index in [4.69, 9.17) is 9.47 Å². The first kappa shape index (κ1) is 22.5. The molecule has 1 saturated heterocycles. The summed E-state index contributed by atoms with van der Waals surface area (Å²) in [6, 6.07) is 0. The van der Waals surface area contributed by atoms with E-state index in [0.717, 1.165) is 13.0 Å². The fourth-order valence-electron chi connectivity index (χ4n) is 4.08. The molecule has 0 aromatic rings. The summed E-state index contributed by atoms with van der Waals surface area (Å²) in [6.45, 7) is 16.3. The van der Waals surface area contributed by atoms with E-state index >= 15 is 0 Å². The van der Waals surface area contributed by atoms with Gasteiger partial charge in [-0.05, 0) is 0 Å². The summed E-state index contributed by atoms with van der Waals surface area (Å²) in [7, 11) is 0. The molecule has 0 aliphatic carbocycles. The van der Waals surface area contributed by atoms with Gasteiger partial charge in [-0.3, -0.25) is 0 Å². The summed E-state index contributed by atoms with van der Waals surface area (Å²) < 4.78 is 17.8. The SMILES string of the molecule is C=C(C[C@H]1COC(C)(C)O1)[CH2][Sn]([CH2]CCC)([CH2]CCC)[CH2]CCC. The average Bonchev–Trinajstić information content (AvgIpc) is 2.87. The molecule has 24 heavy (non-hydrogen) atoms. The van der Waals surface area contributed by atoms with Crippen LogP contribution in [-0.4, -0.2) is 36.9 Å². The van der Waals surface area contributed by atoms with Gasteiger partial charge < -0.3 is 0 Å². The second-order valence-corrected chi connectivity index (χ2v) is 22.2. The maximum atomic E-state index is 6.02. The molecule has 0 N–H and O–H groups in total. The third-order valence-electron chi connectivity index (χ3n) is 5.39. The van der Waals surface area contributed by atoms with Crippen molar-refractivity contribution < 1.29 is 9.47 Å². The summed E-state index contributed by atoms with van der Waals surface area (Å²) in [5.41, 5.74) is 1.46. The molecule has 1 rings (SSSR count). The number of ether oxygens (including phenoxy) is 2. The van der Waals surface area contributed by atoms with Gasteiger partial charge in [0.2, 0.25) is 0 Å². The van der Waals surface area contributed by atoms with E-state index in [1.165, 1.54) is 48.5 Å². The van der Waals surface area contributed by atoms with Crippen molar-refractivity contribution in [2.75, 3.05) is 6.61 Å². The molecule has 2 nitrogen and oxygen atoms in total. The Hall–Kier alpha value is 0.459. The Balaban J connectivity index is 2.67. The van der Waals surface area contributed by atoms with Crippen LogP contribution in [0.5, 0.6) is 0 Å². The van der Waals surface area contributed by atoms with Gasteiger partial charge in [-0.1, -0.05) is 0 Å². The first-order valence-electron chi connectivity index (χ1n) is 10.3. The van der Waals surface area contributed by atoms with Crippen LogP contribution in [-0.2, 0) is 9.47 Å². The summed E-state index contributed by atoms with van der Waals surface area (Å²) >= 11 is -2.09. The van der Waals surface area contributed by atoms with E-state index in [1.807, 2.05) is 13.8 Å². The molecule has 1 heterocycles. The van der Waals surface area contributed by atoms with Crippen LogP contribution in [0.1, 0.15) is 79.6 Å². The second-order valence-electron chi connectivity index (χ2n) is 8.39. The van der Waals surface area contributed by atoms with Gasteiger partial charge in [0.05, 0.1) is 0 Å². The second kappa shape index (κ2) is 11.2. The minimum atomic E-state index is -2.09. The molecule has 1 aliphatic rings. The summed E-state index contributed by atoms with van der Waals surface area (Å²) in [4.78, 5) is 0. The van der Waals surface area contributed by atoms with Gasteiger partial charge >= 0.3 is 156 Å². The summed E-state index contributed by atoms with van der Waals surface area (Å²) in [5, 5.41) is 0. The van der Waals surface area contributed by atoms with E-state index < -0.39 is 24.2 Å².